The summed E-state index contributed by atoms with van der Waals surface area (Å²) in [6, 6.07) is 11.1. The van der Waals surface area contributed by atoms with Crippen LogP contribution in [0.4, 0.5) is 5.88 Å². The van der Waals surface area contributed by atoms with E-state index in [2.05, 4.69) is 15.5 Å². The van der Waals surface area contributed by atoms with E-state index in [-0.39, 0.29) is 5.91 Å². The molecule has 22 heavy (non-hydrogen) atoms. The zero-order valence-electron chi connectivity index (χ0n) is 11.4. The Hall–Kier alpha value is -2.86. The van der Waals surface area contributed by atoms with Crippen LogP contribution < -0.4 is 5.32 Å². The van der Waals surface area contributed by atoms with Crippen LogP contribution in [0.1, 0.15) is 10.4 Å². The number of aromatic amines is 1. The minimum absolute atomic E-state index is 0.232. The molecule has 0 bridgehead atoms. The van der Waals surface area contributed by atoms with Crippen molar-refractivity contribution in [1.82, 2.24) is 10.1 Å². The van der Waals surface area contributed by atoms with Gasteiger partial charge in [-0.2, -0.15) is 11.3 Å². The maximum absolute atomic E-state index is 12.3. The molecule has 0 fully saturated rings. The number of hydrogen-bond donors (Lipinski definition) is 2. The number of nitrogens with zero attached hydrogens (tertiary/aromatic N) is 1. The molecule has 0 aliphatic heterocycles. The molecule has 6 heteroatoms. The van der Waals surface area contributed by atoms with Crippen LogP contribution in [0.15, 0.2) is 57.9 Å². The van der Waals surface area contributed by atoms with Gasteiger partial charge in [0.05, 0.1) is 0 Å². The largest absolute Gasteiger partial charge is 0.361 e. The number of carbonyl (C=O) groups is 1. The average molecular weight is 309 g/mol. The van der Waals surface area contributed by atoms with Gasteiger partial charge in [-0.3, -0.25) is 10.1 Å². The number of fused-ring (bicyclic) bond motifs is 1. The average Bonchev–Trinajstić information content (AvgIpc) is 3.27. The third-order valence-corrected chi connectivity index (χ3v) is 4.06. The molecule has 4 rings (SSSR count). The number of carbonyl (C=O) groups excluding carboxylic acids is 1. The highest BCUT2D eigenvalue weighted by molar-refractivity contribution is 7.08. The van der Waals surface area contributed by atoms with Gasteiger partial charge in [-0.25, -0.2) is 0 Å². The van der Waals surface area contributed by atoms with E-state index in [1.807, 2.05) is 35.2 Å². The Labute approximate surface area is 129 Å². The van der Waals surface area contributed by atoms with Crippen molar-refractivity contribution in [2.75, 3.05) is 5.32 Å². The molecule has 5 nitrogen and oxygen atoms in total. The van der Waals surface area contributed by atoms with Crippen LogP contribution in [0, 0.1) is 0 Å². The van der Waals surface area contributed by atoms with Crippen molar-refractivity contribution in [3.05, 3.63) is 58.9 Å². The summed E-state index contributed by atoms with van der Waals surface area (Å²) >= 11 is 1.58. The first-order chi connectivity index (χ1) is 10.8. The maximum atomic E-state index is 12.3. The Morgan fingerprint density at radius 2 is 2.18 bits per heavy atom. The molecule has 2 N–H and O–H groups in total. The lowest BCUT2D eigenvalue weighted by Crippen LogP contribution is -2.11. The summed E-state index contributed by atoms with van der Waals surface area (Å²) in [5.41, 5.74) is 3.16. The van der Waals surface area contributed by atoms with Gasteiger partial charge in [0.2, 0.25) is 5.88 Å². The van der Waals surface area contributed by atoms with Crippen molar-refractivity contribution in [2.24, 2.45) is 0 Å². The molecule has 1 aromatic carbocycles. The van der Waals surface area contributed by atoms with Crippen LogP contribution in [-0.4, -0.2) is 16.0 Å². The molecule has 0 unspecified atom stereocenters. The lowest BCUT2D eigenvalue weighted by atomic mass is 10.1. The van der Waals surface area contributed by atoms with Gasteiger partial charge < -0.3 is 9.51 Å². The molecule has 0 aliphatic rings. The van der Waals surface area contributed by atoms with Crippen LogP contribution in [0.25, 0.3) is 22.2 Å². The van der Waals surface area contributed by atoms with Crippen molar-refractivity contribution in [2.45, 2.75) is 0 Å². The Balaban J connectivity index is 1.56. The molecule has 4 aromatic rings. The van der Waals surface area contributed by atoms with Gasteiger partial charge in [0.15, 0.2) is 0 Å². The quantitative estimate of drug-likeness (QED) is 0.597. The van der Waals surface area contributed by atoms with E-state index in [4.69, 9.17) is 4.52 Å². The van der Waals surface area contributed by atoms with Gasteiger partial charge in [0.1, 0.15) is 5.69 Å². The second-order valence-corrected chi connectivity index (χ2v) is 5.60. The molecular formula is C16H11N3O2S. The number of nitrogens with one attached hydrogen (secondary N) is 2. The van der Waals surface area contributed by atoms with Gasteiger partial charge >= 0.3 is 0 Å². The molecule has 0 spiro atoms. The summed E-state index contributed by atoms with van der Waals surface area (Å²) < 4.78 is 5.17. The predicted molar refractivity (Wildman–Crippen MR) is 86.1 cm³/mol. The molecule has 0 radical (unpaired) electrons. The predicted octanol–water partition coefficient (Wildman–Crippen LogP) is 4.14. The van der Waals surface area contributed by atoms with Gasteiger partial charge in [-0.1, -0.05) is 11.2 Å². The van der Waals surface area contributed by atoms with Gasteiger partial charge in [-0.05, 0) is 35.0 Å². The number of rotatable bonds is 3. The van der Waals surface area contributed by atoms with Crippen LogP contribution in [0.5, 0.6) is 0 Å². The van der Waals surface area contributed by atoms with E-state index in [0.717, 1.165) is 16.5 Å². The number of benzene rings is 1. The highest BCUT2D eigenvalue weighted by Gasteiger charge is 2.12. The Bertz CT molecular complexity index is 937. The summed E-state index contributed by atoms with van der Waals surface area (Å²) in [7, 11) is 0. The summed E-state index contributed by atoms with van der Waals surface area (Å²) in [4.78, 5) is 15.4. The lowest BCUT2D eigenvalue weighted by molar-refractivity contribution is 0.102. The SMILES string of the molecule is O=C(Nc1cc(-c2ccsc2)no1)c1ccc2cc[nH]c2c1. The van der Waals surface area contributed by atoms with E-state index >= 15 is 0 Å². The van der Waals surface area contributed by atoms with Crippen molar-refractivity contribution in [3.8, 4) is 11.3 Å². The van der Waals surface area contributed by atoms with Crippen molar-refractivity contribution in [3.63, 3.8) is 0 Å². The molecular weight excluding hydrogens is 298 g/mol. The third-order valence-electron chi connectivity index (χ3n) is 3.38. The lowest BCUT2D eigenvalue weighted by Gasteiger charge is -2.01. The first kappa shape index (κ1) is 12.8. The molecule has 0 saturated heterocycles. The topological polar surface area (TPSA) is 70.9 Å². The van der Waals surface area contributed by atoms with E-state index in [9.17, 15) is 4.79 Å². The number of hydrogen-bond acceptors (Lipinski definition) is 4. The van der Waals surface area contributed by atoms with E-state index in [0.29, 0.717) is 17.1 Å². The molecule has 3 heterocycles. The molecule has 0 aliphatic carbocycles. The third kappa shape index (κ3) is 2.29. The number of H-pyrrole nitrogens is 1. The normalized spacial score (nSPS) is 10.9. The molecule has 108 valence electrons. The van der Waals surface area contributed by atoms with Crippen LogP contribution in [0.3, 0.4) is 0 Å². The molecule has 0 saturated carbocycles. The standard InChI is InChI=1S/C16H11N3O2S/c20-16(11-2-1-10-3-5-17-13(10)7-11)18-15-8-14(19-21-15)12-4-6-22-9-12/h1-9,17H,(H,18,20). The molecule has 3 aromatic heterocycles. The number of aromatic nitrogens is 2. The number of thiophene rings is 1. The van der Waals surface area contributed by atoms with Crippen LogP contribution in [0.2, 0.25) is 0 Å². The van der Waals surface area contributed by atoms with Crippen LogP contribution in [-0.2, 0) is 0 Å². The zero-order chi connectivity index (χ0) is 14.9. The smallest absolute Gasteiger partial charge is 0.258 e. The monoisotopic (exact) mass is 309 g/mol. The molecule has 0 atom stereocenters. The fraction of sp³-hybridized carbons (Fsp3) is 0. The Morgan fingerprint density at radius 3 is 3.05 bits per heavy atom. The van der Waals surface area contributed by atoms with Crippen molar-refractivity contribution in [1.29, 1.82) is 0 Å². The number of amides is 1. The van der Waals surface area contributed by atoms with Gasteiger partial charge in [0, 0.05) is 34.3 Å². The second kappa shape index (κ2) is 5.16. The van der Waals surface area contributed by atoms with Crippen molar-refractivity contribution >= 4 is 34.0 Å². The summed E-state index contributed by atoms with van der Waals surface area (Å²) in [5.74, 6) is 0.0994. The second-order valence-electron chi connectivity index (χ2n) is 4.82. The summed E-state index contributed by atoms with van der Waals surface area (Å²) in [6.07, 6.45) is 1.84. The first-order valence-corrected chi connectivity index (χ1v) is 7.62. The Morgan fingerprint density at radius 1 is 1.23 bits per heavy atom. The van der Waals surface area contributed by atoms with E-state index in [1.165, 1.54) is 0 Å². The minimum atomic E-state index is -0.232. The Kier molecular flexibility index (Phi) is 3.01. The van der Waals surface area contributed by atoms with Gasteiger partial charge in [0.25, 0.3) is 5.91 Å². The molecule has 1 amide bonds. The fourth-order valence-corrected chi connectivity index (χ4v) is 2.90. The van der Waals surface area contributed by atoms with Crippen molar-refractivity contribution < 1.29 is 9.32 Å². The minimum Gasteiger partial charge on any atom is -0.361 e. The summed E-state index contributed by atoms with van der Waals surface area (Å²) in [6.45, 7) is 0. The zero-order valence-corrected chi connectivity index (χ0v) is 12.2. The number of anilines is 1. The fourth-order valence-electron chi connectivity index (χ4n) is 2.25. The van der Waals surface area contributed by atoms with E-state index < -0.39 is 0 Å². The summed E-state index contributed by atoms with van der Waals surface area (Å²) in [5, 5.41) is 11.7. The highest BCUT2D eigenvalue weighted by atomic mass is 32.1. The van der Waals surface area contributed by atoms with Gasteiger partial charge in [-0.15, -0.1) is 0 Å². The first-order valence-electron chi connectivity index (χ1n) is 6.67. The van der Waals surface area contributed by atoms with Crippen LogP contribution >= 0.6 is 11.3 Å². The van der Waals surface area contributed by atoms with E-state index in [1.54, 1.807) is 29.5 Å². The maximum Gasteiger partial charge on any atom is 0.258 e. The highest BCUT2D eigenvalue weighted by Crippen LogP contribution is 2.24.